The van der Waals surface area contributed by atoms with Crippen LogP contribution in [-0.4, -0.2) is 63.5 Å². The summed E-state index contributed by atoms with van der Waals surface area (Å²) in [5.41, 5.74) is 0. The van der Waals surface area contributed by atoms with Gasteiger partial charge in [-0.15, -0.1) is 0 Å². The van der Waals surface area contributed by atoms with Crippen LogP contribution in [0, 0.1) is 0 Å². The molecule has 3 aliphatic rings. The lowest BCUT2D eigenvalue weighted by Crippen LogP contribution is -2.47. The zero-order valence-corrected chi connectivity index (χ0v) is 14.6. The van der Waals surface area contributed by atoms with E-state index >= 15 is 0 Å². The summed E-state index contributed by atoms with van der Waals surface area (Å²) in [5, 5.41) is 0. The Morgan fingerprint density at radius 1 is 1.04 bits per heavy atom. The minimum Gasteiger partial charge on any atom is -0.460 e. The van der Waals surface area contributed by atoms with Gasteiger partial charge in [-0.2, -0.15) is 0 Å². The monoisotopic (exact) mass is 380 g/mol. The molecule has 6 nitrogen and oxygen atoms in total. The summed E-state index contributed by atoms with van der Waals surface area (Å²) in [5.74, 6) is 0.350. The van der Waals surface area contributed by atoms with Gasteiger partial charge < -0.3 is 9.64 Å². The van der Waals surface area contributed by atoms with Gasteiger partial charge in [0.15, 0.2) is 0 Å². The molecule has 1 saturated carbocycles. The number of nitrogens with zero attached hydrogens (tertiary/aromatic N) is 4. The molecule has 23 heavy (non-hydrogen) atoms. The van der Waals surface area contributed by atoms with Gasteiger partial charge >= 0.3 is 6.01 Å². The van der Waals surface area contributed by atoms with E-state index in [-0.39, 0.29) is 12.1 Å². The van der Waals surface area contributed by atoms with Crippen LogP contribution < -0.4 is 4.74 Å². The van der Waals surface area contributed by atoms with Crippen LogP contribution in [0.5, 0.6) is 6.01 Å². The second-order valence-corrected chi connectivity index (χ2v) is 7.52. The molecule has 1 unspecified atom stereocenters. The molecule has 0 bridgehead atoms. The Morgan fingerprint density at radius 2 is 1.74 bits per heavy atom. The molecule has 4 rings (SSSR count). The first kappa shape index (κ1) is 15.3. The Labute approximate surface area is 144 Å². The second kappa shape index (κ2) is 6.36. The molecule has 0 radical (unpaired) electrons. The molecular weight excluding hydrogens is 360 g/mol. The van der Waals surface area contributed by atoms with Gasteiger partial charge in [-0.25, -0.2) is 9.97 Å². The quantitative estimate of drug-likeness (QED) is 0.797. The average molecular weight is 381 g/mol. The van der Waals surface area contributed by atoms with Crippen LogP contribution in [0.4, 0.5) is 0 Å². The van der Waals surface area contributed by atoms with E-state index in [0.717, 1.165) is 43.4 Å². The van der Waals surface area contributed by atoms with Crippen LogP contribution in [0.25, 0.3) is 0 Å². The molecule has 0 aromatic carbocycles. The number of hydrogen-bond acceptors (Lipinski definition) is 5. The summed E-state index contributed by atoms with van der Waals surface area (Å²) in [6.07, 6.45) is 8.75. The predicted molar refractivity (Wildman–Crippen MR) is 88.1 cm³/mol. The lowest BCUT2D eigenvalue weighted by molar-refractivity contribution is -0.133. The number of likely N-dealkylation sites (tertiary alicyclic amines) is 2. The largest absolute Gasteiger partial charge is 0.460 e. The zero-order valence-electron chi connectivity index (χ0n) is 13.0. The van der Waals surface area contributed by atoms with E-state index in [4.69, 9.17) is 4.74 Å². The number of rotatable bonds is 4. The molecule has 2 aliphatic heterocycles. The topological polar surface area (TPSA) is 58.6 Å². The van der Waals surface area contributed by atoms with Crippen LogP contribution in [0.1, 0.15) is 32.1 Å². The number of amides is 1. The van der Waals surface area contributed by atoms with Crippen LogP contribution in [0.15, 0.2) is 16.9 Å². The number of aromatic nitrogens is 2. The van der Waals surface area contributed by atoms with Crippen molar-refractivity contribution in [3.05, 3.63) is 16.9 Å². The maximum absolute atomic E-state index is 12.5. The highest BCUT2D eigenvalue weighted by Gasteiger charge is 2.43. The van der Waals surface area contributed by atoms with Gasteiger partial charge in [0, 0.05) is 38.1 Å². The van der Waals surface area contributed by atoms with E-state index in [1.807, 2.05) is 0 Å². The van der Waals surface area contributed by atoms with Gasteiger partial charge in [-0.3, -0.25) is 9.69 Å². The fraction of sp³-hybridized carbons (Fsp3) is 0.688. The molecule has 124 valence electrons. The fourth-order valence-corrected chi connectivity index (χ4v) is 3.79. The Hall–Kier alpha value is -1.21. The summed E-state index contributed by atoms with van der Waals surface area (Å²) in [6, 6.07) is 1.08. The van der Waals surface area contributed by atoms with Crippen LogP contribution >= 0.6 is 15.9 Å². The number of halogens is 1. The van der Waals surface area contributed by atoms with E-state index in [0.29, 0.717) is 18.0 Å². The van der Waals surface area contributed by atoms with Crippen molar-refractivity contribution >= 4 is 21.8 Å². The van der Waals surface area contributed by atoms with Crippen molar-refractivity contribution in [2.45, 2.75) is 50.3 Å². The average Bonchev–Trinajstić information content (AvgIpc) is 3.33. The van der Waals surface area contributed by atoms with Crippen LogP contribution in [0.2, 0.25) is 0 Å². The highest BCUT2D eigenvalue weighted by atomic mass is 79.9. The Kier molecular flexibility index (Phi) is 4.24. The molecule has 0 N–H and O–H groups in total. The lowest BCUT2D eigenvalue weighted by Gasteiger charge is -2.34. The molecule has 1 aromatic heterocycles. The Balaban J connectivity index is 1.29. The third-order valence-corrected chi connectivity index (χ3v) is 5.39. The van der Waals surface area contributed by atoms with Crippen molar-refractivity contribution < 1.29 is 9.53 Å². The van der Waals surface area contributed by atoms with E-state index in [1.165, 1.54) is 12.8 Å². The predicted octanol–water partition coefficient (Wildman–Crippen LogP) is 1.85. The number of hydrogen-bond donors (Lipinski definition) is 0. The Morgan fingerprint density at radius 3 is 2.39 bits per heavy atom. The van der Waals surface area contributed by atoms with Crippen molar-refractivity contribution in [3.63, 3.8) is 0 Å². The molecule has 1 amide bonds. The summed E-state index contributed by atoms with van der Waals surface area (Å²) >= 11 is 3.32. The first-order valence-corrected chi connectivity index (χ1v) is 9.19. The van der Waals surface area contributed by atoms with Gasteiger partial charge in [-0.1, -0.05) is 0 Å². The maximum Gasteiger partial charge on any atom is 0.316 e. The first-order valence-electron chi connectivity index (χ1n) is 8.39. The lowest BCUT2D eigenvalue weighted by atomic mass is 10.0. The van der Waals surface area contributed by atoms with Crippen molar-refractivity contribution in [2.75, 3.05) is 19.6 Å². The van der Waals surface area contributed by atoms with Crippen molar-refractivity contribution in [2.24, 2.45) is 0 Å². The van der Waals surface area contributed by atoms with Gasteiger partial charge in [0.1, 0.15) is 6.10 Å². The summed E-state index contributed by atoms with van der Waals surface area (Å²) in [4.78, 5) is 25.3. The summed E-state index contributed by atoms with van der Waals surface area (Å²) < 4.78 is 6.70. The van der Waals surface area contributed by atoms with Gasteiger partial charge in [0.05, 0.1) is 10.5 Å². The number of carbonyl (C=O) groups is 1. The van der Waals surface area contributed by atoms with Crippen LogP contribution in [0.3, 0.4) is 0 Å². The second-order valence-electron chi connectivity index (χ2n) is 6.60. The van der Waals surface area contributed by atoms with Crippen molar-refractivity contribution in [1.29, 1.82) is 0 Å². The van der Waals surface area contributed by atoms with E-state index in [1.54, 1.807) is 12.4 Å². The van der Waals surface area contributed by atoms with Gasteiger partial charge in [-0.05, 0) is 48.0 Å². The van der Waals surface area contributed by atoms with Gasteiger partial charge in [0.25, 0.3) is 0 Å². The summed E-state index contributed by atoms with van der Waals surface area (Å²) in [6.45, 7) is 2.77. The van der Waals surface area contributed by atoms with Crippen LogP contribution in [-0.2, 0) is 4.79 Å². The van der Waals surface area contributed by atoms with E-state index < -0.39 is 0 Å². The molecule has 2 saturated heterocycles. The minimum absolute atomic E-state index is 0.0977. The van der Waals surface area contributed by atoms with E-state index in [2.05, 4.69) is 35.7 Å². The molecule has 7 heteroatoms. The SMILES string of the molecule is O=C1C(N2CCC(Oc3ncc(Br)cn3)CC2)CCN1C1CC1. The molecule has 1 aromatic rings. The van der Waals surface area contributed by atoms with Crippen molar-refractivity contribution in [1.82, 2.24) is 19.8 Å². The molecular formula is C16H21BrN4O2. The normalized spacial score (nSPS) is 26.7. The third-order valence-electron chi connectivity index (χ3n) is 4.99. The minimum atomic E-state index is 0.0977. The molecule has 0 spiro atoms. The standard InChI is InChI=1S/C16H21BrN4O2/c17-11-9-18-16(19-10-11)23-13-3-6-20(7-4-13)14-5-8-21(15(14)22)12-1-2-12/h9-10,12-14H,1-8H2. The summed E-state index contributed by atoms with van der Waals surface area (Å²) in [7, 11) is 0. The number of piperidine rings is 1. The molecule has 3 fully saturated rings. The van der Waals surface area contributed by atoms with Gasteiger partial charge in [0.2, 0.25) is 5.91 Å². The third kappa shape index (κ3) is 3.35. The molecule has 3 heterocycles. The fourth-order valence-electron chi connectivity index (χ4n) is 3.59. The van der Waals surface area contributed by atoms with E-state index in [9.17, 15) is 4.79 Å². The van der Waals surface area contributed by atoms with Crippen molar-refractivity contribution in [3.8, 4) is 6.01 Å². The smallest absolute Gasteiger partial charge is 0.316 e. The zero-order chi connectivity index (χ0) is 15.8. The maximum atomic E-state index is 12.5. The highest BCUT2D eigenvalue weighted by Crippen LogP contribution is 2.32. The molecule has 1 aliphatic carbocycles. The Bertz CT molecular complexity index is 570. The highest BCUT2D eigenvalue weighted by molar-refractivity contribution is 9.10. The molecule has 1 atom stereocenters. The number of carbonyl (C=O) groups excluding carboxylic acids is 1. The number of ether oxygens (including phenoxy) is 1. The first-order chi connectivity index (χ1) is 11.2.